The van der Waals surface area contributed by atoms with E-state index in [-0.39, 0.29) is 17.1 Å². The van der Waals surface area contributed by atoms with Crippen molar-refractivity contribution < 1.29 is 9.18 Å². The largest absolute Gasteiger partial charge is 0.371 e. The second-order valence-corrected chi connectivity index (χ2v) is 8.77. The second kappa shape index (κ2) is 10.1. The van der Waals surface area contributed by atoms with Crippen LogP contribution in [0, 0.1) is 11.2 Å². The summed E-state index contributed by atoms with van der Waals surface area (Å²) in [4.78, 5) is 21.6. The first-order chi connectivity index (χ1) is 14.4. The monoisotopic (exact) mass is 417 g/mol. The molecule has 0 bridgehead atoms. The zero-order chi connectivity index (χ0) is 21.6. The second-order valence-electron chi connectivity index (χ2n) is 8.77. The highest BCUT2D eigenvalue weighted by molar-refractivity contribution is 5.84. The number of nitrogens with one attached hydrogen (secondary N) is 2. The minimum atomic E-state index is -0.355. The zero-order valence-corrected chi connectivity index (χ0v) is 18.6. The van der Waals surface area contributed by atoms with Crippen LogP contribution in [0.3, 0.4) is 0 Å². The van der Waals surface area contributed by atoms with E-state index in [1.807, 2.05) is 20.2 Å². The van der Waals surface area contributed by atoms with Gasteiger partial charge in [0.25, 0.3) is 0 Å². The Morgan fingerprint density at radius 1 is 1.27 bits per heavy atom. The molecule has 0 atom stereocenters. The molecular weight excluding hydrogens is 381 g/mol. The highest BCUT2D eigenvalue weighted by Gasteiger charge is 2.42. The van der Waals surface area contributed by atoms with Crippen molar-refractivity contribution >= 4 is 17.6 Å². The fourth-order valence-corrected chi connectivity index (χ4v) is 4.66. The number of hydrogen-bond acceptors (Lipinski definition) is 3. The van der Waals surface area contributed by atoms with Crippen molar-refractivity contribution in [3.05, 3.63) is 30.1 Å². The van der Waals surface area contributed by atoms with Gasteiger partial charge in [-0.3, -0.25) is 9.79 Å². The number of carbonyl (C=O) groups is 1. The average Bonchev–Trinajstić information content (AvgIpc) is 3.22. The first kappa shape index (κ1) is 22.4. The van der Waals surface area contributed by atoms with Gasteiger partial charge in [-0.25, -0.2) is 4.39 Å². The number of rotatable bonds is 6. The van der Waals surface area contributed by atoms with Crippen LogP contribution in [0.1, 0.15) is 45.4 Å². The van der Waals surface area contributed by atoms with Gasteiger partial charge in [-0.1, -0.05) is 18.9 Å². The summed E-state index contributed by atoms with van der Waals surface area (Å²) in [7, 11) is 3.67. The van der Waals surface area contributed by atoms with E-state index < -0.39 is 0 Å². The SMILES string of the molecule is CCNC(=NCC1(C(=O)N(C)C)CCCC1)NC1CCN(c2cccc(F)c2)CC1. The van der Waals surface area contributed by atoms with Crippen molar-refractivity contribution in [1.82, 2.24) is 15.5 Å². The third-order valence-corrected chi connectivity index (χ3v) is 6.31. The van der Waals surface area contributed by atoms with Gasteiger partial charge >= 0.3 is 0 Å². The lowest BCUT2D eigenvalue weighted by atomic mass is 9.85. The number of anilines is 1. The molecule has 2 aliphatic rings. The molecule has 1 saturated heterocycles. The Balaban J connectivity index is 1.59. The molecule has 166 valence electrons. The molecule has 1 aromatic carbocycles. The number of halogens is 1. The van der Waals surface area contributed by atoms with E-state index in [9.17, 15) is 9.18 Å². The quantitative estimate of drug-likeness (QED) is 0.552. The zero-order valence-electron chi connectivity index (χ0n) is 18.6. The molecule has 1 aromatic rings. The molecule has 0 aromatic heterocycles. The summed E-state index contributed by atoms with van der Waals surface area (Å²) in [5, 5.41) is 6.90. The van der Waals surface area contributed by atoms with E-state index in [0.717, 1.165) is 69.8 Å². The van der Waals surface area contributed by atoms with Crippen LogP contribution in [0.5, 0.6) is 0 Å². The third-order valence-electron chi connectivity index (χ3n) is 6.31. The topological polar surface area (TPSA) is 60.0 Å². The third kappa shape index (κ3) is 5.43. The number of amides is 1. The van der Waals surface area contributed by atoms with E-state index in [4.69, 9.17) is 4.99 Å². The predicted molar refractivity (Wildman–Crippen MR) is 120 cm³/mol. The van der Waals surface area contributed by atoms with Crippen LogP contribution >= 0.6 is 0 Å². The lowest BCUT2D eigenvalue weighted by Gasteiger charge is -2.35. The molecule has 1 saturated carbocycles. The minimum Gasteiger partial charge on any atom is -0.371 e. The first-order valence-corrected chi connectivity index (χ1v) is 11.2. The summed E-state index contributed by atoms with van der Waals surface area (Å²) in [5.74, 6) is 0.796. The molecule has 1 heterocycles. The fraction of sp³-hybridized carbons (Fsp3) is 0.652. The van der Waals surface area contributed by atoms with Crippen LogP contribution in [-0.4, -0.2) is 63.1 Å². The number of nitrogens with zero attached hydrogens (tertiary/aromatic N) is 3. The summed E-state index contributed by atoms with van der Waals surface area (Å²) >= 11 is 0. The Morgan fingerprint density at radius 3 is 2.57 bits per heavy atom. The number of aliphatic imine (C=N–C) groups is 1. The van der Waals surface area contributed by atoms with Crippen LogP contribution in [0.25, 0.3) is 0 Å². The van der Waals surface area contributed by atoms with E-state index in [1.165, 1.54) is 6.07 Å². The molecule has 0 radical (unpaired) electrons. The smallest absolute Gasteiger partial charge is 0.230 e. The highest BCUT2D eigenvalue weighted by atomic mass is 19.1. The van der Waals surface area contributed by atoms with Crippen LogP contribution in [0.15, 0.2) is 29.3 Å². The number of benzene rings is 1. The Labute approximate surface area is 179 Å². The van der Waals surface area contributed by atoms with Crippen LogP contribution in [0.2, 0.25) is 0 Å². The maximum atomic E-state index is 13.5. The lowest BCUT2D eigenvalue weighted by molar-refractivity contribution is -0.138. The van der Waals surface area contributed by atoms with Gasteiger partial charge in [0, 0.05) is 45.5 Å². The molecule has 7 heteroatoms. The summed E-state index contributed by atoms with van der Waals surface area (Å²) in [5.41, 5.74) is 0.589. The summed E-state index contributed by atoms with van der Waals surface area (Å²) < 4.78 is 13.5. The van der Waals surface area contributed by atoms with Crippen LogP contribution in [-0.2, 0) is 4.79 Å². The van der Waals surface area contributed by atoms with E-state index in [2.05, 4.69) is 22.5 Å². The Morgan fingerprint density at radius 2 is 1.97 bits per heavy atom. The Hall–Kier alpha value is -2.31. The summed E-state index contributed by atoms with van der Waals surface area (Å²) in [6.07, 6.45) is 5.94. The maximum absolute atomic E-state index is 13.5. The summed E-state index contributed by atoms with van der Waals surface area (Å²) in [6.45, 7) is 5.12. The van der Waals surface area contributed by atoms with Crippen molar-refractivity contribution in [1.29, 1.82) is 0 Å². The molecule has 1 aliphatic carbocycles. The molecule has 0 spiro atoms. The van der Waals surface area contributed by atoms with Gasteiger partial charge in [-0.15, -0.1) is 0 Å². The van der Waals surface area contributed by atoms with Crippen molar-refractivity contribution in [2.45, 2.75) is 51.5 Å². The van der Waals surface area contributed by atoms with Crippen LogP contribution < -0.4 is 15.5 Å². The molecule has 2 N–H and O–H groups in total. The standard InChI is InChI=1S/C23H36FN5O/c1-4-25-22(26-17-23(12-5-6-13-23)21(30)28(2)3)27-19-10-14-29(15-11-19)20-9-7-8-18(24)16-20/h7-9,16,19H,4-6,10-15,17H2,1-3H3,(H2,25,26,27). The van der Waals surface area contributed by atoms with Gasteiger partial charge in [-0.05, 0) is 50.8 Å². The predicted octanol–water partition coefficient (Wildman–Crippen LogP) is 3.00. The van der Waals surface area contributed by atoms with Crippen molar-refractivity contribution in [3.63, 3.8) is 0 Å². The van der Waals surface area contributed by atoms with E-state index >= 15 is 0 Å². The Kier molecular flexibility index (Phi) is 7.56. The van der Waals surface area contributed by atoms with Gasteiger partial charge in [0.05, 0.1) is 12.0 Å². The maximum Gasteiger partial charge on any atom is 0.230 e. The number of carbonyl (C=O) groups excluding carboxylic acids is 1. The molecule has 1 aliphatic heterocycles. The van der Waals surface area contributed by atoms with Gasteiger partial charge in [0.15, 0.2) is 5.96 Å². The van der Waals surface area contributed by atoms with Crippen LogP contribution in [0.4, 0.5) is 10.1 Å². The normalized spacial score (nSPS) is 19.6. The first-order valence-electron chi connectivity index (χ1n) is 11.2. The molecule has 3 rings (SSSR count). The average molecular weight is 418 g/mol. The number of guanidine groups is 1. The molecule has 2 fully saturated rings. The van der Waals surface area contributed by atoms with Gasteiger partial charge in [0.2, 0.25) is 5.91 Å². The van der Waals surface area contributed by atoms with Gasteiger partial charge in [0.1, 0.15) is 5.82 Å². The van der Waals surface area contributed by atoms with Crippen molar-refractivity contribution in [3.8, 4) is 0 Å². The van der Waals surface area contributed by atoms with E-state index in [1.54, 1.807) is 17.0 Å². The van der Waals surface area contributed by atoms with E-state index in [0.29, 0.717) is 12.6 Å². The number of piperidine rings is 1. The molecular formula is C23H36FN5O. The fourth-order valence-electron chi connectivity index (χ4n) is 4.66. The molecule has 6 nitrogen and oxygen atoms in total. The summed E-state index contributed by atoms with van der Waals surface area (Å²) in [6, 6.07) is 7.12. The van der Waals surface area contributed by atoms with Gasteiger partial charge < -0.3 is 20.4 Å². The van der Waals surface area contributed by atoms with Crippen molar-refractivity contribution in [2.75, 3.05) is 45.2 Å². The Bertz CT molecular complexity index is 737. The van der Waals surface area contributed by atoms with Crippen molar-refractivity contribution in [2.24, 2.45) is 10.4 Å². The molecule has 1 amide bonds. The number of hydrogen-bond donors (Lipinski definition) is 2. The molecule has 30 heavy (non-hydrogen) atoms. The highest BCUT2D eigenvalue weighted by Crippen LogP contribution is 2.39. The van der Waals surface area contributed by atoms with Gasteiger partial charge in [-0.2, -0.15) is 0 Å². The minimum absolute atomic E-state index is 0.192. The molecule has 0 unspecified atom stereocenters. The lowest BCUT2D eigenvalue weighted by Crippen LogP contribution is -2.49.